The number of hydrogen-bond acceptors (Lipinski definition) is 6. The van der Waals surface area contributed by atoms with Crippen LogP contribution < -0.4 is 0 Å². The molecule has 0 saturated heterocycles. The lowest BCUT2D eigenvalue weighted by atomic mass is 10.4. The second-order valence-corrected chi connectivity index (χ2v) is 8.30. The minimum absolute atomic E-state index is 0.0443. The van der Waals surface area contributed by atoms with Gasteiger partial charge < -0.3 is 0 Å². The van der Waals surface area contributed by atoms with Crippen LogP contribution in [0, 0.1) is 13.8 Å². The van der Waals surface area contributed by atoms with Crippen LogP contribution in [-0.4, -0.2) is 39.5 Å². The number of aromatic nitrogens is 4. The van der Waals surface area contributed by atoms with E-state index in [1.165, 1.54) is 11.8 Å². The lowest BCUT2D eigenvalue weighted by molar-refractivity contribution is 0.597. The van der Waals surface area contributed by atoms with Crippen molar-refractivity contribution in [1.82, 2.24) is 19.6 Å². The third-order valence-electron chi connectivity index (χ3n) is 3.28. The lowest BCUT2D eigenvalue weighted by Crippen LogP contribution is -2.08. The summed E-state index contributed by atoms with van der Waals surface area (Å²) in [5.41, 5.74) is 1.83. The van der Waals surface area contributed by atoms with Gasteiger partial charge in [-0.3, -0.25) is 0 Å². The summed E-state index contributed by atoms with van der Waals surface area (Å²) < 4.78 is 26.1. The van der Waals surface area contributed by atoms with Crippen LogP contribution in [0.4, 0.5) is 0 Å². The highest BCUT2D eigenvalue weighted by atomic mass is 32.2. The third kappa shape index (κ3) is 3.53. The minimum Gasteiger partial charge on any atom is -0.224 e. The Bertz CT molecular complexity index is 937. The largest absolute Gasteiger partial charge is 0.253 e. The predicted molar refractivity (Wildman–Crippen MR) is 89.5 cm³/mol. The van der Waals surface area contributed by atoms with E-state index in [1.807, 2.05) is 19.9 Å². The number of thioether (sulfide) groups is 1. The summed E-state index contributed by atoms with van der Waals surface area (Å²) in [7, 11) is -3.27. The molecule has 0 aliphatic heterocycles. The van der Waals surface area contributed by atoms with E-state index >= 15 is 0 Å². The minimum atomic E-state index is -3.27. The summed E-state index contributed by atoms with van der Waals surface area (Å²) in [6.07, 6.45) is 0. The maximum absolute atomic E-state index is 12.2. The van der Waals surface area contributed by atoms with E-state index in [4.69, 9.17) is 0 Å². The van der Waals surface area contributed by atoms with Crippen molar-refractivity contribution in [3.8, 4) is 0 Å². The normalized spacial score (nSPS) is 11.9. The first-order valence-corrected chi connectivity index (χ1v) is 9.71. The van der Waals surface area contributed by atoms with Gasteiger partial charge in [-0.1, -0.05) is 30.0 Å². The van der Waals surface area contributed by atoms with E-state index in [1.54, 1.807) is 34.8 Å². The molecule has 0 atom stereocenters. The quantitative estimate of drug-likeness (QED) is 0.659. The summed E-state index contributed by atoms with van der Waals surface area (Å²) in [4.78, 5) is 9.00. The number of rotatable bonds is 5. The van der Waals surface area contributed by atoms with E-state index in [0.29, 0.717) is 21.6 Å². The molecule has 0 amide bonds. The zero-order chi connectivity index (χ0) is 16.4. The predicted octanol–water partition coefficient (Wildman–Crippen LogP) is 2.31. The molecular weight excluding hydrogens is 332 g/mol. The van der Waals surface area contributed by atoms with Gasteiger partial charge in [0.05, 0.1) is 10.6 Å². The molecule has 0 bridgehead atoms. The van der Waals surface area contributed by atoms with Crippen LogP contribution in [0.1, 0.15) is 11.4 Å². The van der Waals surface area contributed by atoms with Gasteiger partial charge in [0.15, 0.2) is 9.84 Å². The van der Waals surface area contributed by atoms with Crippen molar-refractivity contribution < 1.29 is 8.42 Å². The Morgan fingerprint density at radius 3 is 2.61 bits per heavy atom. The monoisotopic (exact) mass is 348 g/mol. The average molecular weight is 348 g/mol. The number of hydrogen-bond donors (Lipinski definition) is 0. The van der Waals surface area contributed by atoms with E-state index < -0.39 is 9.84 Å². The smallest absolute Gasteiger partial charge is 0.224 e. The number of aryl methyl sites for hydroxylation is 2. The summed E-state index contributed by atoms with van der Waals surface area (Å²) in [6, 6.07) is 10.4. The maximum atomic E-state index is 12.2. The van der Waals surface area contributed by atoms with Crippen molar-refractivity contribution in [3.05, 3.63) is 47.8 Å². The topological polar surface area (TPSA) is 77.2 Å². The summed E-state index contributed by atoms with van der Waals surface area (Å²) in [5, 5.41) is 4.89. The van der Waals surface area contributed by atoms with Gasteiger partial charge >= 0.3 is 0 Å². The van der Waals surface area contributed by atoms with Gasteiger partial charge in [0.25, 0.3) is 5.78 Å². The molecule has 1 aromatic carbocycles. The van der Waals surface area contributed by atoms with Crippen molar-refractivity contribution >= 4 is 27.4 Å². The standard InChI is InChI=1S/C15H16N4O2S2/c1-11-10-12(2)19-14(16-11)17-15(18-19)22-8-9-23(20,21)13-6-4-3-5-7-13/h3-7,10H,8-9H2,1-2H3. The van der Waals surface area contributed by atoms with Crippen molar-refractivity contribution in [2.24, 2.45) is 0 Å². The van der Waals surface area contributed by atoms with Crippen LogP contribution in [-0.2, 0) is 9.84 Å². The first kappa shape index (κ1) is 15.9. The van der Waals surface area contributed by atoms with E-state index in [-0.39, 0.29) is 5.75 Å². The molecule has 2 heterocycles. The summed E-state index contributed by atoms with van der Waals surface area (Å²) in [6.45, 7) is 3.84. The first-order valence-electron chi connectivity index (χ1n) is 7.07. The van der Waals surface area contributed by atoms with Gasteiger partial charge in [-0.25, -0.2) is 17.9 Å². The van der Waals surface area contributed by atoms with E-state index in [0.717, 1.165) is 11.4 Å². The van der Waals surface area contributed by atoms with Gasteiger partial charge in [-0.15, -0.1) is 5.10 Å². The number of sulfone groups is 1. The molecule has 0 unspecified atom stereocenters. The van der Waals surface area contributed by atoms with Gasteiger partial charge in [0.1, 0.15) is 0 Å². The SMILES string of the molecule is Cc1cc(C)n2nc(SCCS(=O)(=O)c3ccccc3)nc2n1. The van der Waals surface area contributed by atoms with E-state index in [9.17, 15) is 8.42 Å². The van der Waals surface area contributed by atoms with Crippen molar-refractivity contribution in [2.75, 3.05) is 11.5 Å². The number of fused-ring (bicyclic) bond motifs is 1. The van der Waals surface area contributed by atoms with Crippen molar-refractivity contribution in [1.29, 1.82) is 0 Å². The Kier molecular flexibility index (Phi) is 4.36. The Balaban J connectivity index is 1.71. The molecule has 0 aliphatic carbocycles. The van der Waals surface area contributed by atoms with Crippen LogP contribution in [0.2, 0.25) is 0 Å². The molecule has 3 rings (SSSR count). The van der Waals surface area contributed by atoms with Crippen molar-refractivity contribution in [2.45, 2.75) is 23.9 Å². The summed E-state index contributed by atoms with van der Waals surface area (Å²) >= 11 is 1.32. The molecular formula is C15H16N4O2S2. The Labute approximate surface area is 138 Å². The number of nitrogens with zero attached hydrogens (tertiary/aromatic N) is 4. The average Bonchev–Trinajstić information content (AvgIpc) is 2.91. The molecule has 8 heteroatoms. The summed E-state index contributed by atoms with van der Waals surface area (Å²) in [5.74, 6) is 0.977. The molecule has 0 fully saturated rings. The highest BCUT2D eigenvalue weighted by Crippen LogP contribution is 2.18. The molecule has 0 N–H and O–H groups in total. The Morgan fingerprint density at radius 1 is 1.13 bits per heavy atom. The first-order chi connectivity index (χ1) is 11.0. The Hall–Kier alpha value is -1.93. The fourth-order valence-electron chi connectivity index (χ4n) is 2.20. The van der Waals surface area contributed by atoms with Gasteiger partial charge in [0, 0.05) is 17.1 Å². The van der Waals surface area contributed by atoms with Crippen LogP contribution in [0.3, 0.4) is 0 Å². The zero-order valence-electron chi connectivity index (χ0n) is 12.8. The van der Waals surface area contributed by atoms with Gasteiger partial charge in [0.2, 0.25) is 5.16 Å². The fraction of sp³-hybridized carbons (Fsp3) is 0.267. The second-order valence-electron chi connectivity index (χ2n) is 5.13. The van der Waals surface area contributed by atoms with Crippen LogP contribution >= 0.6 is 11.8 Å². The number of benzene rings is 1. The van der Waals surface area contributed by atoms with Crippen LogP contribution in [0.25, 0.3) is 5.78 Å². The molecule has 2 aromatic heterocycles. The van der Waals surface area contributed by atoms with Crippen LogP contribution in [0.5, 0.6) is 0 Å². The lowest BCUT2D eigenvalue weighted by Gasteiger charge is -2.02. The highest BCUT2D eigenvalue weighted by Gasteiger charge is 2.15. The molecule has 6 nitrogen and oxygen atoms in total. The Morgan fingerprint density at radius 2 is 1.87 bits per heavy atom. The molecule has 120 valence electrons. The van der Waals surface area contributed by atoms with Crippen LogP contribution in [0.15, 0.2) is 46.5 Å². The molecule has 3 aromatic rings. The highest BCUT2D eigenvalue weighted by molar-refractivity contribution is 8.00. The molecule has 0 saturated carbocycles. The van der Waals surface area contributed by atoms with Gasteiger partial charge in [-0.05, 0) is 32.0 Å². The van der Waals surface area contributed by atoms with Gasteiger partial charge in [-0.2, -0.15) is 4.98 Å². The third-order valence-corrected chi connectivity index (χ3v) is 6.11. The van der Waals surface area contributed by atoms with Crippen molar-refractivity contribution in [3.63, 3.8) is 0 Å². The second kappa shape index (κ2) is 6.29. The maximum Gasteiger partial charge on any atom is 0.253 e. The van der Waals surface area contributed by atoms with E-state index in [2.05, 4.69) is 15.1 Å². The zero-order valence-corrected chi connectivity index (χ0v) is 14.4. The molecule has 0 spiro atoms. The fourth-order valence-corrected chi connectivity index (χ4v) is 4.68. The molecule has 0 aliphatic rings. The molecule has 23 heavy (non-hydrogen) atoms. The molecule has 0 radical (unpaired) electrons.